The Morgan fingerprint density at radius 3 is 2.43 bits per heavy atom. The van der Waals surface area contributed by atoms with Crippen LogP contribution in [-0.2, 0) is 17.9 Å². The van der Waals surface area contributed by atoms with Crippen LogP contribution >= 0.6 is 0 Å². The van der Waals surface area contributed by atoms with Gasteiger partial charge < -0.3 is 15.6 Å². The van der Waals surface area contributed by atoms with E-state index in [-0.39, 0.29) is 18.9 Å². The van der Waals surface area contributed by atoms with Gasteiger partial charge in [0.15, 0.2) is 0 Å². The standard InChI is InChI=1S/C15H16N4O4/c16-14(22)11-3-1-10(2-4-11)9-17-12(20)5-7-19-8-6-13(21)18-15(19)23/h1-4,6,8H,5,7,9H2,(H2,16,22)(H,17,20)(H,18,21,23). The molecule has 4 N–H and O–H groups in total. The van der Waals surface area contributed by atoms with E-state index >= 15 is 0 Å². The van der Waals surface area contributed by atoms with Crippen molar-refractivity contribution in [3.05, 3.63) is 68.5 Å². The summed E-state index contributed by atoms with van der Waals surface area (Å²) >= 11 is 0. The largest absolute Gasteiger partial charge is 0.366 e. The van der Waals surface area contributed by atoms with Crippen molar-refractivity contribution >= 4 is 11.8 Å². The number of primary amides is 1. The van der Waals surface area contributed by atoms with Crippen LogP contribution in [0.1, 0.15) is 22.3 Å². The van der Waals surface area contributed by atoms with Crippen LogP contribution in [0.3, 0.4) is 0 Å². The Morgan fingerprint density at radius 1 is 1.13 bits per heavy atom. The predicted octanol–water partition coefficient (Wildman–Crippen LogP) is -0.658. The third-order valence-corrected chi connectivity index (χ3v) is 3.20. The van der Waals surface area contributed by atoms with Gasteiger partial charge in [0.25, 0.3) is 5.56 Å². The highest BCUT2D eigenvalue weighted by molar-refractivity contribution is 5.92. The Bertz CT molecular complexity index is 820. The van der Waals surface area contributed by atoms with Gasteiger partial charge in [-0.1, -0.05) is 12.1 Å². The highest BCUT2D eigenvalue weighted by atomic mass is 16.2. The van der Waals surface area contributed by atoms with Gasteiger partial charge in [0, 0.05) is 37.3 Å². The number of nitrogens with zero attached hydrogens (tertiary/aromatic N) is 1. The lowest BCUT2D eigenvalue weighted by atomic mass is 10.1. The molecule has 0 saturated carbocycles. The first kappa shape index (κ1) is 16.2. The molecule has 2 rings (SSSR count). The Labute approximate surface area is 130 Å². The van der Waals surface area contributed by atoms with Crippen LogP contribution in [0.2, 0.25) is 0 Å². The highest BCUT2D eigenvalue weighted by Gasteiger charge is 2.04. The Morgan fingerprint density at radius 2 is 1.83 bits per heavy atom. The molecule has 8 heteroatoms. The number of hydrogen-bond donors (Lipinski definition) is 3. The molecule has 1 heterocycles. The molecule has 0 unspecified atom stereocenters. The number of aromatic nitrogens is 2. The van der Waals surface area contributed by atoms with Gasteiger partial charge in [-0.2, -0.15) is 0 Å². The molecule has 8 nitrogen and oxygen atoms in total. The molecule has 2 amide bonds. The van der Waals surface area contributed by atoms with E-state index in [2.05, 4.69) is 10.3 Å². The minimum Gasteiger partial charge on any atom is -0.366 e. The van der Waals surface area contributed by atoms with Crippen LogP contribution in [0.15, 0.2) is 46.1 Å². The Kier molecular flexibility index (Phi) is 5.08. The molecule has 0 radical (unpaired) electrons. The summed E-state index contributed by atoms with van der Waals surface area (Å²) in [5.41, 5.74) is 5.34. The van der Waals surface area contributed by atoms with Crippen LogP contribution in [-0.4, -0.2) is 21.4 Å². The number of nitrogens with two attached hydrogens (primary N) is 1. The number of carbonyl (C=O) groups excluding carboxylic acids is 2. The number of H-pyrrole nitrogens is 1. The monoisotopic (exact) mass is 316 g/mol. The van der Waals surface area contributed by atoms with Crippen molar-refractivity contribution in [3.8, 4) is 0 Å². The number of nitrogens with one attached hydrogen (secondary N) is 2. The van der Waals surface area contributed by atoms with Gasteiger partial charge in [-0.15, -0.1) is 0 Å². The Hall–Kier alpha value is -3.16. The zero-order valence-corrected chi connectivity index (χ0v) is 12.2. The topological polar surface area (TPSA) is 127 Å². The highest BCUT2D eigenvalue weighted by Crippen LogP contribution is 2.03. The SMILES string of the molecule is NC(=O)c1ccc(CNC(=O)CCn2ccc(=O)[nH]c2=O)cc1. The van der Waals surface area contributed by atoms with Crippen LogP contribution in [0, 0.1) is 0 Å². The molecule has 0 aliphatic carbocycles. The zero-order chi connectivity index (χ0) is 16.8. The van der Waals surface area contributed by atoms with E-state index in [1.54, 1.807) is 24.3 Å². The first-order valence-electron chi connectivity index (χ1n) is 6.91. The van der Waals surface area contributed by atoms with Crippen LogP contribution in [0.4, 0.5) is 0 Å². The van der Waals surface area contributed by atoms with Crippen molar-refractivity contribution in [2.75, 3.05) is 0 Å². The first-order valence-corrected chi connectivity index (χ1v) is 6.91. The fourth-order valence-corrected chi connectivity index (χ4v) is 1.92. The minimum atomic E-state index is -0.549. The molecule has 23 heavy (non-hydrogen) atoms. The van der Waals surface area contributed by atoms with E-state index < -0.39 is 17.2 Å². The van der Waals surface area contributed by atoms with Gasteiger partial charge in [-0.25, -0.2) is 4.79 Å². The van der Waals surface area contributed by atoms with Crippen LogP contribution in [0.5, 0.6) is 0 Å². The fourth-order valence-electron chi connectivity index (χ4n) is 1.92. The fraction of sp³-hybridized carbons (Fsp3) is 0.200. The van der Waals surface area contributed by atoms with Gasteiger partial charge in [0.2, 0.25) is 11.8 Å². The quantitative estimate of drug-likeness (QED) is 0.654. The molecule has 0 fully saturated rings. The van der Waals surface area contributed by atoms with Gasteiger partial charge in [0.05, 0.1) is 0 Å². The summed E-state index contributed by atoms with van der Waals surface area (Å²) in [7, 11) is 0. The van der Waals surface area contributed by atoms with Crippen molar-refractivity contribution in [2.24, 2.45) is 5.73 Å². The number of hydrogen-bond acceptors (Lipinski definition) is 4. The maximum Gasteiger partial charge on any atom is 0.328 e. The normalized spacial score (nSPS) is 10.3. The van der Waals surface area contributed by atoms with Crippen LogP contribution < -0.4 is 22.3 Å². The maximum absolute atomic E-state index is 11.8. The Balaban J connectivity index is 1.84. The van der Waals surface area contributed by atoms with Gasteiger partial charge in [-0.3, -0.25) is 19.4 Å². The number of aromatic amines is 1. The molecule has 0 saturated heterocycles. The van der Waals surface area contributed by atoms with Crippen LogP contribution in [0.25, 0.3) is 0 Å². The number of amides is 2. The second-order valence-electron chi connectivity index (χ2n) is 4.89. The average molecular weight is 316 g/mol. The second-order valence-corrected chi connectivity index (χ2v) is 4.89. The summed E-state index contributed by atoms with van der Waals surface area (Å²) in [5, 5.41) is 2.71. The lowest BCUT2D eigenvalue weighted by Crippen LogP contribution is -2.31. The maximum atomic E-state index is 11.8. The molecule has 0 bridgehead atoms. The summed E-state index contributed by atoms with van der Waals surface area (Å²) in [6, 6.07) is 7.80. The smallest absolute Gasteiger partial charge is 0.328 e. The summed E-state index contributed by atoms with van der Waals surface area (Å²) in [4.78, 5) is 47.2. The van der Waals surface area contributed by atoms with Gasteiger partial charge in [-0.05, 0) is 17.7 Å². The third-order valence-electron chi connectivity index (χ3n) is 3.20. The molecule has 120 valence electrons. The molecule has 1 aromatic heterocycles. The number of aryl methyl sites for hydroxylation is 1. The van der Waals surface area contributed by atoms with E-state index in [1.165, 1.54) is 16.8 Å². The lowest BCUT2D eigenvalue weighted by molar-refractivity contribution is -0.121. The van der Waals surface area contributed by atoms with Gasteiger partial charge >= 0.3 is 5.69 Å². The molecule has 0 spiro atoms. The number of rotatable bonds is 6. The van der Waals surface area contributed by atoms with E-state index in [0.29, 0.717) is 12.1 Å². The molecule has 0 aliphatic rings. The van der Waals surface area contributed by atoms with Gasteiger partial charge in [0.1, 0.15) is 0 Å². The molecule has 1 aromatic carbocycles. The van der Waals surface area contributed by atoms with Crippen molar-refractivity contribution in [2.45, 2.75) is 19.5 Å². The first-order chi connectivity index (χ1) is 11.0. The molecule has 2 aromatic rings. The summed E-state index contributed by atoms with van der Waals surface area (Å²) in [6.07, 6.45) is 1.45. The summed E-state index contributed by atoms with van der Waals surface area (Å²) in [5.74, 6) is -0.742. The van der Waals surface area contributed by atoms with E-state index in [4.69, 9.17) is 5.73 Å². The second kappa shape index (κ2) is 7.21. The zero-order valence-electron chi connectivity index (χ0n) is 12.2. The van der Waals surface area contributed by atoms with E-state index in [0.717, 1.165) is 5.56 Å². The number of benzene rings is 1. The summed E-state index contributed by atoms with van der Waals surface area (Å²) < 4.78 is 1.25. The van der Waals surface area contributed by atoms with E-state index in [9.17, 15) is 19.2 Å². The molecule has 0 atom stereocenters. The van der Waals surface area contributed by atoms with E-state index in [1.807, 2.05) is 0 Å². The lowest BCUT2D eigenvalue weighted by Gasteiger charge is -2.07. The average Bonchev–Trinajstić information content (AvgIpc) is 2.52. The minimum absolute atomic E-state index is 0.102. The van der Waals surface area contributed by atoms with Crippen molar-refractivity contribution in [1.82, 2.24) is 14.9 Å². The third kappa shape index (κ3) is 4.67. The van der Waals surface area contributed by atoms with Crippen molar-refractivity contribution < 1.29 is 9.59 Å². The van der Waals surface area contributed by atoms with Crippen molar-refractivity contribution in [1.29, 1.82) is 0 Å². The molecule has 0 aliphatic heterocycles. The van der Waals surface area contributed by atoms with Crippen molar-refractivity contribution in [3.63, 3.8) is 0 Å². The number of carbonyl (C=O) groups is 2. The summed E-state index contributed by atoms with van der Waals surface area (Å²) in [6.45, 7) is 0.473. The predicted molar refractivity (Wildman–Crippen MR) is 82.7 cm³/mol. The molecular weight excluding hydrogens is 300 g/mol. The molecular formula is C15H16N4O4.